The first-order valence-corrected chi connectivity index (χ1v) is 5.37. The van der Waals surface area contributed by atoms with Crippen LogP contribution >= 0.6 is 0 Å². The number of hydrogen-bond donors (Lipinski definition) is 1. The molecule has 0 saturated carbocycles. The normalized spacial score (nSPS) is 19.2. The number of ether oxygens (including phenoxy) is 1. The number of rotatable bonds is 3. The van der Waals surface area contributed by atoms with Crippen LogP contribution in [-0.4, -0.2) is 34.9 Å². The van der Waals surface area contributed by atoms with Crippen LogP contribution in [0.15, 0.2) is 17.4 Å². The lowest BCUT2D eigenvalue weighted by molar-refractivity contribution is -0.120. The number of aromatic nitrogens is 2. The maximum absolute atomic E-state index is 11.7. The van der Waals surface area contributed by atoms with Crippen molar-refractivity contribution < 1.29 is 9.53 Å². The van der Waals surface area contributed by atoms with E-state index in [0.717, 1.165) is 0 Å². The van der Waals surface area contributed by atoms with E-state index in [4.69, 9.17) is 4.74 Å². The molecule has 0 aromatic carbocycles. The van der Waals surface area contributed by atoms with E-state index in [1.807, 2.05) is 13.8 Å². The van der Waals surface area contributed by atoms with Crippen molar-refractivity contribution in [2.45, 2.75) is 19.9 Å². The number of amidine groups is 1. The highest BCUT2D eigenvalue weighted by Crippen LogP contribution is 2.15. The molecule has 0 fully saturated rings. The topological polar surface area (TPSA) is 76.5 Å². The zero-order valence-electron chi connectivity index (χ0n) is 9.97. The predicted molar refractivity (Wildman–Crippen MR) is 61.9 cm³/mol. The van der Waals surface area contributed by atoms with Gasteiger partial charge in [-0.1, -0.05) is 13.8 Å². The first kappa shape index (κ1) is 11.5. The van der Waals surface area contributed by atoms with E-state index in [-0.39, 0.29) is 17.9 Å². The first-order chi connectivity index (χ1) is 8.11. The summed E-state index contributed by atoms with van der Waals surface area (Å²) in [4.78, 5) is 23.9. The molecule has 1 aromatic rings. The SMILES string of the molecule is COc1cc(C2=NC(C(C)C)C(=O)N2)ncn1. The van der Waals surface area contributed by atoms with E-state index >= 15 is 0 Å². The quantitative estimate of drug-likeness (QED) is 0.820. The standard InChI is InChI=1S/C11H14N4O2/c1-6(2)9-11(16)15-10(14-9)7-4-8(17-3)13-5-12-7/h4-6,9H,1-3H3,(H,14,15,16). The summed E-state index contributed by atoms with van der Waals surface area (Å²) in [5.74, 6) is 0.998. The zero-order valence-corrected chi connectivity index (χ0v) is 9.97. The summed E-state index contributed by atoms with van der Waals surface area (Å²) in [6, 6.07) is 1.30. The number of nitrogens with zero attached hydrogens (tertiary/aromatic N) is 3. The van der Waals surface area contributed by atoms with Crippen LogP contribution in [-0.2, 0) is 4.79 Å². The molecule has 0 saturated heterocycles. The van der Waals surface area contributed by atoms with Gasteiger partial charge in [-0.15, -0.1) is 0 Å². The summed E-state index contributed by atoms with van der Waals surface area (Å²) in [5, 5.41) is 2.72. The molecule has 0 aliphatic carbocycles. The minimum atomic E-state index is -0.342. The van der Waals surface area contributed by atoms with Crippen molar-refractivity contribution in [1.29, 1.82) is 0 Å². The summed E-state index contributed by atoms with van der Waals surface area (Å²) in [5.41, 5.74) is 0.563. The predicted octanol–water partition coefficient (Wildman–Crippen LogP) is 0.386. The van der Waals surface area contributed by atoms with Crippen molar-refractivity contribution >= 4 is 11.7 Å². The van der Waals surface area contributed by atoms with Gasteiger partial charge >= 0.3 is 0 Å². The number of amides is 1. The van der Waals surface area contributed by atoms with Crippen LogP contribution in [0.2, 0.25) is 0 Å². The van der Waals surface area contributed by atoms with Gasteiger partial charge in [0, 0.05) is 6.07 Å². The van der Waals surface area contributed by atoms with Gasteiger partial charge in [0.25, 0.3) is 5.91 Å². The summed E-state index contributed by atoms with van der Waals surface area (Å²) in [7, 11) is 1.53. The van der Waals surface area contributed by atoms with Crippen LogP contribution in [0.25, 0.3) is 0 Å². The van der Waals surface area contributed by atoms with Crippen molar-refractivity contribution in [2.75, 3.05) is 7.11 Å². The van der Waals surface area contributed by atoms with Crippen LogP contribution in [0.1, 0.15) is 19.5 Å². The van der Waals surface area contributed by atoms with Gasteiger partial charge in [0.05, 0.1) is 7.11 Å². The molecule has 1 aromatic heterocycles. The summed E-state index contributed by atoms with van der Waals surface area (Å²) >= 11 is 0. The molecule has 6 heteroatoms. The Hall–Kier alpha value is -1.98. The Labute approximate surface area is 99.1 Å². The Balaban J connectivity index is 2.29. The molecule has 1 aliphatic rings. The molecule has 1 N–H and O–H groups in total. The van der Waals surface area contributed by atoms with Crippen LogP contribution in [0.4, 0.5) is 0 Å². The summed E-state index contributed by atoms with van der Waals surface area (Å²) in [6.07, 6.45) is 1.38. The molecule has 0 radical (unpaired) electrons. The molecular formula is C11H14N4O2. The van der Waals surface area contributed by atoms with Gasteiger partial charge in [-0.25, -0.2) is 9.97 Å². The fourth-order valence-corrected chi connectivity index (χ4v) is 1.58. The molecule has 6 nitrogen and oxygen atoms in total. The van der Waals surface area contributed by atoms with Gasteiger partial charge in [0.15, 0.2) is 5.84 Å². The minimum Gasteiger partial charge on any atom is -0.481 e. The lowest BCUT2D eigenvalue weighted by Gasteiger charge is -2.06. The third-order valence-corrected chi connectivity index (χ3v) is 2.50. The van der Waals surface area contributed by atoms with Gasteiger partial charge in [0.2, 0.25) is 5.88 Å². The molecule has 1 atom stereocenters. The number of carbonyl (C=O) groups is 1. The largest absolute Gasteiger partial charge is 0.481 e. The third kappa shape index (κ3) is 2.25. The van der Waals surface area contributed by atoms with Crippen molar-refractivity contribution in [3.8, 4) is 5.88 Å². The lowest BCUT2D eigenvalue weighted by atomic mass is 10.1. The van der Waals surface area contributed by atoms with Crippen molar-refractivity contribution in [3.63, 3.8) is 0 Å². The van der Waals surface area contributed by atoms with E-state index in [1.54, 1.807) is 6.07 Å². The molecule has 90 valence electrons. The van der Waals surface area contributed by atoms with E-state index in [0.29, 0.717) is 17.4 Å². The molecule has 2 rings (SSSR count). The Kier molecular flexibility index (Phi) is 3.03. The van der Waals surface area contributed by atoms with Gasteiger partial charge in [-0.3, -0.25) is 9.79 Å². The third-order valence-electron chi connectivity index (χ3n) is 2.50. The molecule has 2 heterocycles. The van der Waals surface area contributed by atoms with Crippen molar-refractivity contribution in [2.24, 2.45) is 10.9 Å². The highest BCUT2D eigenvalue weighted by molar-refractivity contribution is 6.12. The van der Waals surface area contributed by atoms with E-state index < -0.39 is 0 Å². The van der Waals surface area contributed by atoms with Crippen LogP contribution in [0.3, 0.4) is 0 Å². The first-order valence-electron chi connectivity index (χ1n) is 5.37. The van der Waals surface area contributed by atoms with E-state index in [2.05, 4.69) is 20.3 Å². The Bertz CT molecular complexity index is 470. The Morgan fingerprint density at radius 1 is 1.41 bits per heavy atom. The molecule has 0 bridgehead atoms. The number of nitrogens with one attached hydrogen (secondary N) is 1. The number of carbonyl (C=O) groups excluding carboxylic acids is 1. The average Bonchev–Trinajstić information content (AvgIpc) is 2.71. The second-order valence-electron chi connectivity index (χ2n) is 4.10. The number of aliphatic imine (C=N–C) groups is 1. The van der Waals surface area contributed by atoms with Gasteiger partial charge in [0.1, 0.15) is 18.1 Å². The van der Waals surface area contributed by atoms with E-state index in [1.165, 1.54) is 13.4 Å². The molecule has 1 unspecified atom stereocenters. The average molecular weight is 234 g/mol. The van der Waals surface area contributed by atoms with Gasteiger partial charge < -0.3 is 10.1 Å². The molecule has 1 aliphatic heterocycles. The monoisotopic (exact) mass is 234 g/mol. The second-order valence-corrected chi connectivity index (χ2v) is 4.10. The van der Waals surface area contributed by atoms with Gasteiger partial charge in [-0.2, -0.15) is 0 Å². The number of methoxy groups -OCH3 is 1. The molecule has 0 spiro atoms. The van der Waals surface area contributed by atoms with E-state index in [9.17, 15) is 4.79 Å². The van der Waals surface area contributed by atoms with Crippen molar-refractivity contribution in [1.82, 2.24) is 15.3 Å². The summed E-state index contributed by atoms with van der Waals surface area (Å²) < 4.78 is 5.00. The molecule has 17 heavy (non-hydrogen) atoms. The second kappa shape index (κ2) is 4.48. The van der Waals surface area contributed by atoms with Crippen LogP contribution in [0, 0.1) is 5.92 Å². The van der Waals surface area contributed by atoms with Gasteiger partial charge in [-0.05, 0) is 5.92 Å². The van der Waals surface area contributed by atoms with Crippen LogP contribution in [0.5, 0.6) is 5.88 Å². The highest BCUT2D eigenvalue weighted by Gasteiger charge is 2.30. The smallest absolute Gasteiger partial charge is 0.250 e. The Morgan fingerprint density at radius 3 is 2.76 bits per heavy atom. The highest BCUT2D eigenvalue weighted by atomic mass is 16.5. The summed E-state index contributed by atoms with van der Waals surface area (Å²) in [6.45, 7) is 3.91. The molecular weight excluding hydrogens is 220 g/mol. The zero-order chi connectivity index (χ0) is 12.4. The van der Waals surface area contributed by atoms with Crippen LogP contribution < -0.4 is 10.1 Å². The Morgan fingerprint density at radius 2 is 2.18 bits per heavy atom. The number of hydrogen-bond acceptors (Lipinski definition) is 5. The van der Waals surface area contributed by atoms with Crippen molar-refractivity contribution in [3.05, 3.63) is 18.1 Å². The fourth-order valence-electron chi connectivity index (χ4n) is 1.58. The minimum absolute atomic E-state index is 0.0902. The molecule has 1 amide bonds. The maximum Gasteiger partial charge on any atom is 0.250 e. The maximum atomic E-state index is 11.7. The lowest BCUT2D eigenvalue weighted by Crippen LogP contribution is -2.31. The fraction of sp³-hybridized carbons (Fsp3) is 0.455.